The monoisotopic (exact) mass is 248 g/mol. The van der Waals surface area contributed by atoms with Gasteiger partial charge in [0.05, 0.1) is 24.7 Å². The van der Waals surface area contributed by atoms with Crippen molar-refractivity contribution in [1.29, 1.82) is 0 Å². The zero-order valence-corrected chi connectivity index (χ0v) is 11.4. The van der Waals surface area contributed by atoms with E-state index < -0.39 is 6.10 Å². The number of halogens is 1. The van der Waals surface area contributed by atoms with E-state index in [2.05, 4.69) is 20.8 Å². The second-order valence-corrected chi connectivity index (χ2v) is 5.81. The van der Waals surface area contributed by atoms with Gasteiger partial charge in [-0.15, -0.1) is 11.6 Å². The Morgan fingerprint density at radius 3 is 2.62 bits per heavy atom. The first-order valence-electron chi connectivity index (χ1n) is 6.40. The summed E-state index contributed by atoms with van der Waals surface area (Å²) in [5.74, 6) is 2.30. The van der Waals surface area contributed by atoms with Crippen molar-refractivity contribution >= 4 is 11.6 Å². The normalized spacial score (nSPS) is 33.0. The predicted octanol–water partition coefficient (Wildman–Crippen LogP) is 3.06. The second-order valence-electron chi connectivity index (χ2n) is 5.51. The van der Waals surface area contributed by atoms with E-state index in [1.54, 1.807) is 0 Å². The lowest BCUT2D eigenvalue weighted by Gasteiger charge is -2.37. The molecule has 1 N–H and O–H groups in total. The van der Waals surface area contributed by atoms with Gasteiger partial charge in [-0.25, -0.2) is 0 Å². The molecule has 1 rings (SSSR count). The maximum absolute atomic E-state index is 9.42. The lowest BCUT2D eigenvalue weighted by atomic mass is 9.75. The molecule has 0 saturated heterocycles. The van der Waals surface area contributed by atoms with Gasteiger partial charge in [-0.2, -0.15) is 0 Å². The van der Waals surface area contributed by atoms with Crippen molar-refractivity contribution in [1.82, 2.24) is 0 Å². The Hall–Kier alpha value is 0.210. The van der Waals surface area contributed by atoms with Crippen LogP contribution in [0.4, 0.5) is 0 Å². The van der Waals surface area contributed by atoms with E-state index >= 15 is 0 Å². The summed E-state index contributed by atoms with van der Waals surface area (Å²) in [7, 11) is 0. The van der Waals surface area contributed by atoms with Crippen LogP contribution in [-0.4, -0.2) is 29.8 Å². The second kappa shape index (κ2) is 6.83. The fraction of sp³-hybridized carbons (Fsp3) is 1.00. The molecular formula is C13H25ClO2. The molecule has 1 aliphatic carbocycles. The molecule has 0 aromatic carbocycles. The van der Waals surface area contributed by atoms with E-state index in [4.69, 9.17) is 16.3 Å². The number of hydrogen-bond acceptors (Lipinski definition) is 2. The van der Waals surface area contributed by atoms with Crippen molar-refractivity contribution in [2.45, 2.75) is 52.2 Å². The van der Waals surface area contributed by atoms with Crippen molar-refractivity contribution in [2.24, 2.45) is 17.8 Å². The zero-order valence-electron chi connectivity index (χ0n) is 10.7. The van der Waals surface area contributed by atoms with Crippen molar-refractivity contribution in [3.63, 3.8) is 0 Å². The number of aliphatic hydroxyl groups is 1. The summed E-state index contributed by atoms with van der Waals surface area (Å²) < 4.78 is 5.85. The molecule has 1 aliphatic rings. The Kier molecular flexibility index (Phi) is 6.09. The highest BCUT2D eigenvalue weighted by atomic mass is 35.5. The summed E-state index contributed by atoms with van der Waals surface area (Å²) >= 11 is 5.57. The van der Waals surface area contributed by atoms with Crippen molar-refractivity contribution in [3.8, 4) is 0 Å². The third kappa shape index (κ3) is 4.23. The average Bonchev–Trinajstić information content (AvgIpc) is 2.25. The Balaban J connectivity index is 2.44. The third-order valence-electron chi connectivity index (χ3n) is 3.64. The fourth-order valence-corrected chi connectivity index (χ4v) is 2.67. The summed E-state index contributed by atoms with van der Waals surface area (Å²) in [5, 5.41) is 9.42. The molecule has 96 valence electrons. The smallest absolute Gasteiger partial charge is 0.0908 e. The maximum atomic E-state index is 9.42. The highest BCUT2D eigenvalue weighted by Crippen LogP contribution is 2.35. The molecule has 1 saturated carbocycles. The van der Waals surface area contributed by atoms with Crippen LogP contribution < -0.4 is 0 Å². The van der Waals surface area contributed by atoms with Crippen LogP contribution in [0.15, 0.2) is 0 Å². The van der Waals surface area contributed by atoms with Crippen molar-refractivity contribution in [2.75, 3.05) is 12.5 Å². The van der Waals surface area contributed by atoms with Crippen molar-refractivity contribution in [3.05, 3.63) is 0 Å². The molecule has 16 heavy (non-hydrogen) atoms. The molecule has 0 radical (unpaired) electrons. The molecule has 0 amide bonds. The predicted molar refractivity (Wildman–Crippen MR) is 67.8 cm³/mol. The van der Waals surface area contributed by atoms with E-state index in [-0.39, 0.29) is 5.88 Å². The van der Waals surface area contributed by atoms with Crippen LogP contribution >= 0.6 is 11.6 Å². The Morgan fingerprint density at radius 2 is 2.06 bits per heavy atom. The van der Waals surface area contributed by atoms with Gasteiger partial charge in [0, 0.05) is 0 Å². The summed E-state index contributed by atoms with van der Waals surface area (Å²) in [6, 6.07) is 0. The molecule has 1 fully saturated rings. The van der Waals surface area contributed by atoms with Gasteiger partial charge < -0.3 is 9.84 Å². The maximum Gasteiger partial charge on any atom is 0.0908 e. The van der Waals surface area contributed by atoms with Crippen molar-refractivity contribution < 1.29 is 9.84 Å². The first-order chi connectivity index (χ1) is 7.54. The number of hydrogen-bond donors (Lipinski definition) is 1. The van der Waals surface area contributed by atoms with Crippen LogP contribution in [0.5, 0.6) is 0 Å². The minimum Gasteiger partial charge on any atom is -0.389 e. The first kappa shape index (κ1) is 14.3. The van der Waals surface area contributed by atoms with Gasteiger partial charge in [0.15, 0.2) is 0 Å². The molecule has 3 heteroatoms. The molecule has 0 bridgehead atoms. The van der Waals surface area contributed by atoms with Crippen LogP contribution in [0.25, 0.3) is 0 Å². The van der Waals surface area contributed by atoms with E-state index in [1.165, 1.54) is 12.8 Å². The Labute approximate surface area is 104 Å². The summed E-state index contributed by atoms with van der Waals surface area (Å²) in [4.78, 5) is 0. The Morgan fingerprint density at radius 1 is 1.38 bits per heavy atom. The highest BCUT2D eigenvalue weighted by molar-refractivity contribution is 6.18. The summed E-state index contributed by atoms with van der Waals surface area (Å²) in [6.07, 6.45) is 3.47. The lowest BCUT2D eigenvalue weighted by Crippen LogP contribution is -2.36. The largest absolute Gasteiger partial charge is 0.389 e. The minimum absolute atomic E-state index is 0.259. The topological polar surface area (TPSA) is 29.5 Å². The Bertz CT molecular complexity index is 196. The van der Waals surface area contributed by atoms with Crippen LogP contribution in [0, 0.1) is 17.8 Å². The van der Waals surface area contributed by atoms with Crippen LogP contribution in [0.3, 0.4) is 0 Å². The molecule has 0 spiro atoms. The van der Waals surface area contributed by atoms with Gasteiger partial charge in [-0.3, -0.25) is 0 Å². The molecule has 3 unspecified atom stereocenters. The molecule has 2 nitrogen and oxygen atoms in total. The third-order valence-corrected chi connectivity index (χ3v) is 4.00. The number of ether oxygens (including phenoxy) is 1. The van der Waals surface area contributed by atoms with E-state index in [0.29, 0.717) is 24.5 Å². The van der Waals surface area contributed by atoms with Gasteiger partial charge in [-0.1, -0.05) is 27.2 Å². The number of aliphatic hydroxyl groups excluding tert-OH is 1. The molecular weight excluding hydrogens is 224 g/mol. The fourth-order valence-electron chi connectivity index (χ4n) is 2.59. The van der Waals surface area contributed by atoms with E-state index in [0.717, 1.165) is 12.3 Å². The summed E-state index contributed by atoms with van der Waals surface area (Å²) in [6.45, 7) is 7.18. The molecule has 0 aliphatic heterocycles. The standard InChI is InChI=1S/C13H25ClO2/c1-9(2)12-5-4-10(3)6-13(12)16-8-11(15)7-14/h9-13,15H,4-8H2,1-3H3/t10?,11-,12?,13?/m1/s1. The van der Waals surface area contributed by atoms with Crippen LogP contribution in [-0.2, 0) is 4.74 Å². The highest BCUT2D eigenvalue weighted by Gasteiger charge is 2.31. The SMILES string of the molecule is CC1CCC(C(C)C)C(OC[C@H](O)CCl)C1. The minimum atomic E-state index is -0.522. The van der Waals surface area contributed by atoms with Gasteiger partial charge in [0.25, 0.3) is 0 Å². The molecule has 0 heterocycles. The quantitative estimate of drug-likeness (QED) is 0.758. The van der Waals surface area contributed by atoms with E-state index in [1.807, 2.05) is 0 Å². The average molecular weight is 249 g/mol. The first-order valence-corrected chi connectivity index (χ1v) is 6.93. The summed E-state index contributed by atoms with van der Waals surface area (Å²) in [5.41, 5.74) is 0. The van der Waals surface area contributed by atoms with Crippen LogP contribution in [0.2, 0.25) is 0 Å². The van der Waals surface area contributed by atoms with Crippen LogP contribution in [0.1, 0.15) is 40.0 Å². The van der Waals surface area contributed by atoms with Gasteiger partial charge in [0.1, 0.15) is 0 Å². The number of alkyl halides is 1. The zero-order chi connectivity index (χ0) is 12.1. The van der Waals surface area contributed by atoms with E-state index in [9.17, 15) is 5.11 Å². The lowest BCUT2D eigenvalue weighted by molar-refractivity contribution is -0.0647. The van der Waals surface area contributed by atoms with Gasteiger partial charge >= 0.3 is 0 Å². The van der Waals surface area contributed by atoms with Gasteiger partial charge in [0.2, 0.25) is 0 Å². The molecule has 0 aromatic rings. The molecule has 0 aromatic heterocycles. The van der Waals surface area contributed by atoms with Gasteiger partial charge in [-0.05, 0) is 30.6 Å². The number of rotatable bonds is 5. The molecule has 4 atom stereocenters.